The molecule has 0 radical (unpaired) electrons. The number of hydrogen-bond acceptors (Lipinski definition) is 3. The highest BCUT2D eigenvalue weighted by molar-refractivity contribution is 6.16. The van der Waals surface area contributed by atoms with Gasteiger partial charge in [-0.2, -0.15) is 0 Å². The number of benzene rings is 8. The first kappa shape index (κ1) is 28.9. The maximum atomic E-state index is 6.83. The lowest BCUT2D eigenvalue weighted by molar-refractivity contribution is 0.445. The monoisotopic (exact) mass is 680 g/mol. The van der Waals surface area contributed by atoms with E-state index in [4.69, 9.17) is 9.47 Å². The van der Waals surface area contributed by atoms with Crippen molar-refractivity contribution in [1.29, 1.82) is 0 Å². The van der Waals surface area contributed by atoms with E-state index in [1.807, 2.05) is 18.2 Å². The molecule has 8 aromatic carbocycles. The summed E-state index contributed by atoms with van der Waals surface area (Å²) in [7, 11) is 0. The molecule has 0 saturated heterocycles. The van der Waals surface area contributed by atoms with Crippen LogP contribution in [0.4, 0.5) is 17.1 Å². The van der Waals surface area contributed by atoms with Crippen molar-refractivity contribution in [3.63, 3.8) is 0 Å². The molecule has 0 fully saturated rings. The van der Waals surface area contributed by atoms with Gasteiger partial charge in [-0.25, -0.2) is 0 Å². The summed E-state index contributed by atoms with van der Waals surface area (Å²) in [6, 6.07) is 56.8. The molecule has 0 amide bonds. The number of hydrogen-bond donors (Lipinski definition) is 0. The van der Waals surface area contributed by atoms with Gasteiger partial charge in [0.2, 0.25) is 0 Å². The van der Waals surface area contributed by atoms with Crippen LogP contribution < -0.4 is 14.4 Å². The molecule has 0 spiro atoms. The zero-order valence-corrected chi connectivity index (χ0v) is 29.2. The van der Waals surface area contributed by atoms with Crippen molar-refractivity contribution in [3.05, 3.63) is 169 Å². The second-order valence-corrected chi connectivity index (χ2v) is 14.9. The van der Waals surface area contributed by atoms with Gasteiger partial charge in [0.05, 0.1) is 22.4 Å². The summed E-state index contributed by atoms with van der Waals surface area (Å²) in [4.78, 5) is 2.46. The van der Waals surface area contributed by atoms with Crippen LogP contribution in [0.25, 0.3) is 60.5 Å². The predicted octanol–water partition coefficient (Wildman–Crippen LogP) is 13.6. The summed E-state index contributed by atoms with van der Waals surface area (Å²) in [6.45, 7) is 4.73. The molecule has 12 rings (SSSR count). The Morgan fingerprint density at radius 2 is 1.15 bits per heavy atom. The van der Waals surface area contributed by atoms with Crippen LogP contribution in [0.5, 0.6) is 23.0 Å². The molecule has 0 saturated carbocycles. The molecule has 9 aromatic rings. The maximum absolute atomic E-state index is 6.83. The molecule has 0 N–H and O–H groups in total. The lowest BCUT2D eigenvalue weighted by atomic mass is 9.81. The van der Waals surface area contributed by atoms with Crippen LogP contribution in [0.3, 0.4) is 0 Å². The van der Waals surface area contributed by atoms with Crippen LogP contribution in [-0.4, -0.2) is 4.57 Å². The lowest BCUT2D eigenvalue weighted by Crippen LogP contribution is -2.20. The topological polar surface area (TPSA) is 26.6 Å². The van der Waals surface area contributed by atoms with Crippen molar-refractivity contribution in [2.75, 3.05) is 4.90 Å². The Bertz CT molecular complexity index is 3040. The third-order valence-electron chi connectivity index (χ3n) is 11.7. The average Bonchev–Trinajstić information content (AvgIpc) is 3.66. The molecule has 3 heterocycles. The van der Waals surface area contributed by atoms with E-state index in [-0.39, 0.29) is 5.41 Å². The van der Waals surface area contributed by atoms with Gasteiger partial charge in [-0.05, 0) is 81.7 Å². The van der Waals surface area contributed by atoms with E-state index < -0.39 is 0 Å². The van der Waals surface area contributed by atoms with Crippen LogP contribution >= 0.6 is 0 Å². The first-order valence-corrected chi connectivity index (χ1v) is 18.3. The Balaban J connectivity index is 1.06. The van der Waals surface area contributed by atoms with E-state index in [9.17, 15) is 0 Å². The van der Waals surface area contributed by atoms with E-state index in [2.05, 4.69) is 163 Å². The van der Waals surface area contributed by atoms with Crippen molar-refractivity contribution >= 4 is 49.6 Å². The third-order valence-corrected chi connectivity index (χ3v) is 11.7. The van der Waals surface area contributed by atoms with Crippen LogP contribution in [0.1, 0.15) is 25.0 Å². The Hall–Kier alpha value is -6.78. The second kappa shape index (κ2) is 10.2. The fourth-order valence-corrected chi connectivity index (χ4v) is 9.45. The molecule has 250 valence electrons. The van der Waals surface area contributed by atoms with Gasteiger partial charge in [0.1, 0.15) is 5.69 Å². The molecule has 4 nitrogen and oxygen atoms in total. The summed E-state index contributed by atoms with van der Waals surface area (Å²) >= 11 is 0. The van der Waals surface area contributed by atoms with Gasteiger partial charge in [0.15, 0.2) is 23.0 Å². The Morgan fingerprint density at radius 3 is 2.06 bits per heavy atom. The van der Waals surface area contributed by atoms with Crippen molar-refractivity contribution in [1.82, 2.24) is 4.57 Å². The van der Waals surface area contributed by atoms with E-state index in [1.54, 1.807) is 0 Å². The summed E-state index contributed by atoms with van der Waals surface area (Å²) in [5, 5.41) is 4.75. The minimum Gasteiger partial charge on any atom is -0.453 e. The molecule has 0 unspecified atom stereocenters. The molecule has 0 atom stereocenters. The molecule has 0 bridgehead atoms. The highest BCUT2D eigenvalue weighted by Gasteiger charge is 2.39. The average molecular weight is 681 g/mol. The van der Waals surface area contributed by atoms with Crippen molar-refractivity contribution in [3.8, 4) is 50.9 Å². The van der Waals surface area contributed by atoms with Gasteiger partial charge < -0.3 is 14.4 Å². The Kier molecular flexibility index (Phi) is 5.54. The molecule has 2 aliphatic heterocycles. The standard InChI is InChI=1S/C49H32N2O2/c1-49(2)38-17-6-5-14-34(38)35-15-8-19-40(44(35)49)50(39-18-7-12-29-11-3-4-13-32(29)39)31-25-23-30(24-26-31)33-27-28-37-36-16-9-20-41-45(36)51-46(37)48(33)53-43-22-10-21-42(52-41)47(43)51/h3-28H,1-2H3. The Morgan fingerprint density at radius 1 is 0.491 bits per heavy atom. The highest BCUT2D eigenvalue weighted by atomic mass is 16.5. The molecule has 3 aliphatic rings. The van der Waals surface area contributed by atoms with E-state index >= 15 is 0 Å². The third kappa shape index (κ3) is 3.74. The second-order valence-electron chi connectivity index (χ2n) is 14.9. The zero-order valence-electron chi connectivity index (χ0n) is 29.2. The maximum Gasteiger partial charge on any atom is 0.160 e. The minimum atomic E-state index is -0.178. The number of para-hydroxylation sites is 2. The quantitative estimate of drug-likeness (QED) is 0.185. The van der Waals surface area contributed by atoms with Crippen molar-refractivity contribution < 1.29 is 9.47 Å². The molecular formula is C49H32N2O2. The highest BCUT2D eigenvalue weighted by Crippen LogP contribution is 2.57. The van der Waals surface area contributed by atoms with Crippen molar-refractivity contribution in [2.45, 2.75) is 19.3 Å². The van der Waals surface area contributed by atoms with Gasteiger partial charge in [-0.3, -0.25) is 4.57 Å². The number of nitrogens with zero attached hydrogens (tertiary/aromatic N) is 2. The largest absolute Gasteiger partial charge is 0.453 e. The normalized spacial score (nSPS) is 13.9. The van der Waals surface area contributed by atoms with Crippen LogP contribution in [-0.2, 0) is 5.41 Å². The number of ether oxygens (including phenoxy) is 2. The number of rotatable bonds is 4. The summed E-state index contributed by atoms with van der Waals surface area (Å²) in [6.07, 6.45) is 0. The molecule has 1 aromatic heterocycles. The fraction of sp³-hybridized carbons (Fsp3) is 0.0612. The van der Waals surface area contributed by atoms with E-state index in [1.165, 1.54) is 38.7 Å². The zero-order chi connectivity index (χ0) is 35.0. The van der Waals surface area contributed by atoms with E-state index in [0.717, 1.165) is 73.0 Å². The fourth-order valence-electron chi connectivity index (χ4n) is 9.45. The SMILES string of the molecule is CC1(C)c2ccccc2-c2cccc(N(c3ccc(-c4ccc5c6cccc7c6n6c5c4Oc4cccc(c4-6)O7)cc3)c3cccc4ccccc34)c21. The molecular weight excluding hydrogens is 649 g/mol. The predicted molar refractivity (Wildman–Crippen MR) is 216 cm³/mol. The molecule has 1 aliphatic carbocycles. The summed E-state index contributed by atoms with van der Waals surface area (Å²) < 4.78 is 15.6. The summed E-state index contributed by atoms with van der Waals surface area (Å²) in [5.41, 5.74) is 13.9. The first-order valence-electron chi connectivity index (χ1n) is 18.3. The minimum absolute atomic E-state index is 0.178. The number of fused-ring (bicyclic) bond motifs is 5. The van der Waals surface area contributed by atoms with Crippen LogP contribution in [0.2, 0.25) is 0 Å². The molecule has 53 heavy (non-hydrogen) atoms. The van der Waals surface area contributed by atoms with Gasteiger partial charge in [0, 0.05) is 32.8 Å². The number of aromatic nitrogens is 1. The number of anilines is 3. The van der Waals surface area contributed by atoms with Gasteiger partial charge >= 0.3 is 0 Å². The lowest BCUT2D eigenvalue weighted by Gasteiger charge is -2.33. The van der Waals surface area contributed by atoms with Crippen LogP contribution in [0.15, 0.2) is 158 Å². The smallest absolute Gasteiger partial charge is 0.160 e. The van der Waals surface area contributed by atoms with Gasteiger partial charge in [-0.1, -0.05) is 123 Å². The van der Waals surface area contributed by atoms with Gasteiger partial charge in [-0.15, -0.1) is 0 Å². The first-order chi connectivity index (χ1) is 26.1. The van der Waals surface area contributed by atoms with Crippen LogP contribution in [0, 0.1) is 0 Å². The van der Waals surface area contributed by atoms with Gasteiger partial charge in [0.25, 0.3) is 0 Å². The van der Waals surface area contributed by atoms with E-state index in [0.29, 0.717) is 0 Å². The molecule has 4 heteroatoms. The summed E-state index contributed by atoms with van der Waals surface area (Å²) in [5.74, 6) is 3.35. The Labute approximate surface area is 306 Å². The van der Waals surface area contributed by atoms with Crippen molar-refractivity contribution in [2.24, 2.45) is 0 Å².